The summed E-state index contributed by atoms with van der Waals surface area (Å²) in [7, 11) is 0. The van der Waals surface area contributed by atoms with E-state index in [0.29, 0.717) is 18.8 Å². The summed E-state index contributed by atoms with van der Waals surface area (Å²) in [6, 6.07) is 21.0. The molecule has 1 N–H and O–H groups in total. The Hall–Kier alpha value is -3.27. The first kappa shape index (κ1) is 19.5. The Kier molecular flexibility index (Phi) is 6.33. The van der Waals surface area contributed by atoms with Gasteiger partial charge in [0.15, 0.2) is 0 Å². The molecule has 0 saturated carbocycles. The second-order valence-corrected chi connectivity index (χ2v) is 6.58. The van der Waals surface area contributed by atoms with Crippen molar-refractivity contribution in [3.8, 4) is 11.5 Å². The van der Waals surface area contributed by atoms with Crippen molar-refractivity contribution < 1.29 is 14.3 Å². The largest absolute Gasteiger partial charge is 0.493 e. The van der Waals surface area contributed by atoms with Crippen molar-refractivity contribution in [2.75, 3.05) is 11.9 Å². The normalized spacial score (nSPS) is 10.4. The van der Waals surface area contributed by atoms with Crippen LogP contribution in [0.1, 0.15) is 34.0 Å². The van der Waals surface area contributed by atoms with Gasteiger partial charge in [-0.1, -0.05) is 36.4 Å². The molecule has 0 aliphatic carbocycles. The van der Waals surface area contributed by atoms with Crippen LogP contribution in [0.25, 0.3) is 0 Å². The summed E-state index contributed by atoms with van der Waals surface area (Å²) in [5, 5.41) is 3.03. The molecule has 144 valence electrons. The Bertz CT molecular complexity index is 931. The van der Waals surface area contributed by atoms with Gasteiger partial charge in [0, 0.05) is 16.8 Å². The lowest BCUT2D eigenvalue weighted by Crippen LogP contribution is -2.14. The summed E-state index contributed by atoms with van der Waals surface area (Å²) in [6.45, 7) is 6.78. The number of amides is 1. The Morgan fingerprint density at radius 1 is 0.893 bits per heavy atom. The Morgan fingerprint density at radius 2 is 1.61 bits per heavy atom. The molecule has 28 heavy (non-hydrogen) atoms. The highest BCUT2D eigenvalue weighted by Crippen LogP contribution is 2.25. The third-order valence-electron chi connectivity index (χ3n) is 4.48. The first-order valence-electron chi connectivity index (χ1n) is 9.39. The maximum atomic E-state index is 12.8. The van der Waals surface area contributed by atoms with Crippen LogP contribution in [0.4, 0.5) is 5.69 Å². The molecule has 3 rings (SSSR count). The minimum atomic E-state index is -0.151. The molecule has 3 aromatic carbocycles. The van der Waals surface area contributed by atoms with Gasteiger partial charge in [-0.15, -0.1) is 0 Å². The van der Waals surface area contributed by atoms with E-state index in [1.165, 1.54) is 0 Å². The fourth-order valence-corrected chi connectivity index (χ4v) is 3.00. The smallest absolute Gasteiger partial charge is 0.255 e. The molecule has 0 aliphatic rings. The van der Waals surface area contributed by atoms with Gasteiger partial charge in [0.2, 0.25) is 0 Å². The SMILES string of the molecule is CCOc1ccc(C(=O)Nc2c(C)cccc2C)cc1COc1ccccc1. The van der Waals surface area contributed by atoms with Crippen molar-refractivity contribution in [2.24, 2.45) is 0 Å². The number of para-hydroxylation sites is 2. The van der Waals surface area contributed by atoms with Gasteiger partial charge in [0.1, 0.15) is 18.1 Å². The van der Waals surface area contributed by atoms with E-state index in [1.54, 1.807) is 6.07 Å². The van der Waals surface area contributed by atoms with E-state index in [2.05, 4.69) is 5.32 Å². The van der Waals surface area contributed by atoms with Gasteiger partial charge < -0.3 is 14.8 Å². The minimum Gasteiger partial charge on any atom is -0.493 e. The molecule has 0 fully saturated rings. The zero-order valence-electron chi connectivity index (χ0n) is 16.5. The fourth-order valence-electron chi connectivity index (χ4n) is 3.00. The summed E-state index contributed by atoms with van der Waals surface area (Å²) >= 11 is 0. The quantitative estimate of drug-likeness (QED) is 0.590. The van der Waals surface area contributed by atoms with Crippen LogP contribution in [0.2, 0.25) is 0 Å². The number of nitrogens with one attached hydrogen (secondary N) is 1. The first-order valence-corrected chi connectivity index (χ1v) is 9.39. The summed E-state index contributed by atoms with van der Waals surface area (Å²) in [5.41, 5.74) is 4.32. The fraction of sp³-hybridized carbons (Fsp3) is 0.208. The molecule has 0 aromatic heterocycles. The first-order chi connectivity index (χ1) is 13.6. The predicted octanol–water partition coefficient (Wildman–Crippen LogP) is 5.53. The van der Waals surface area contributed by atoms with E-state index in [4.69, 9.17) is 9.47 Å². The van der Waals surface area contributed by atoms with Crippen LogP contribution < -0.4 is 14.8 Å². The van der Waals surface area contributed by atoms with Crippen LogP contribution in [-0.2, 0) is 6.61 Å². The zero-order chi connectivity index (χ0) is 19.9. The Morgan fingerprint density at radius 3 is 2.29 bits per heavy atom. The van der Waals surface area contributed by atoms with Crippen molar-refractivity contribution in [2.45, 2.75) is 27.4 Å². The molecule has 1 amide bonds. The van der Waals surface area contributed by atoms with Gasteiger partial charge in [-0.2, -0.15) is 0 Å². The lowest BCUT2D eigenvalue weighted by molar-refractivity contribution is 0.102. The second-order valence-electron chi connectivity index (χ2n) is 6.58. The molecular weight excluding hydrogens is 350 g/mol. The molecular formula is C24H25NO3. The molecule has 0 spiro atoms. The van der Waals surface area contributed by atoms with Crippen LogP contribution >= 0.6 is 0 Å². The average Bonchev–Trinajstić information content (AvgIpc) is 2.71. The summed E-state index contributed by atoms with van der Waals surface area (Å²) < 4.78 is 11.6. The topological polar surface area (TPSA) is 47.6 Å². The molecule has 0 bridgehead atoms. The number of carbonyl (C=O) groups excluding carboxylic acids is 1. The highest BCUT2D eigenvalue weighted by molar-refractivity contribution is 6.05. The van der Waals surface area contributed by atoms with Crippen LogP contribution in [0.5, 0.6) is 11.5 Å². The van der Waals surface area contributed by atoms with E-state index in [9.17, 15) is 4.79 Å². The maximum absolute atomic E-state index is 12.8. The number of benzene rings is 3. The number of hydrogen-bond acceptors (Lipinski definition) is 3. The second kappa shape index (κ2) is 9.09. The van der Waals surface area contributed by atoms with E-state index in [-0.39, 0.29) is 5.91 Å². The zero-order valence-corrected chi connectivity index (χ0v) is 16.5. The molecule has 0 radical (unpaired) electrons. The summed E-state index contributed by atoms with van der Waals surface area (Å²) in [6.07, 6.45) is 0. The molecule has 0 aliphatic heterocycles. The van der Waals surface area contributed by atoms with Gasteiger partial charge in [0.05, 0.1) is 6.61 Å². The van der Waals surface area contributed by atoms with Gasteiger partial charge in [0.25, 0.3) is 5.91 Å². The minimum absolute atomic E-state index is 0.151. The van der Waals surface area contributed by atoms with E-state index < -0.39 is 0 Å². The molecule has 4 nitrogen and oxygen atoms in total. The lowest BCUT2D eigenvalue weighted by atomic mass is 10.1. The van der Waals surface area contributed by atoms with Crippen molar-refractivity contribution in [3.63, 3.8) is 0 Å². The third kappa shape index (κ3) is 4.71. The highest BCUT2D eigenvalue weighted by atomic mass is 16.5. The summed E-state index contributed by atoms with van der Waals surface area (Å²) in [4.78, 5) is 12.8. The van der Waals surface area contributed by atoms with Crippen molar-refractivity contribution in [1.29, 1.82) is 0 Å². The average molecular weight is 375 g/mol. The Balaban J connectivity index is 1.82. The molecule has 4 heteroatoms. The monoisotopic (exact) mass is 375 g/mol. The standard InChI is InChI=1S/C24H25NO3/c1-4-27-22-14-13-19(15-20(22)16-28-21-11-6-5-7-12-21)24(26)25-23-17(2)9-8-10-18(23)3/h5-15H,4,16H2,1-3H3,(H,25,26). The molecule has 0 heterocycles. The predicted molar refractivity (Wildman–Crippen MR) is 112 cm³/mol. The van der Waals surface area contributed by atoms with E-state index >= 15 is 0 Å². The number of aryl methyl sites for hydroxylation is 2. The number of hydrogen-bond donors (Lipinski definition) is 1. The Labute approximate surface area is 166 Å². The summed E-state index contributed by atoms with van der Waals surface area (Å²) in [5.74, 6) is 1.35. The molecule has 0 unspecified atom stereocenters. The van der Waals surface area contributed by atoms with E-state index in [0.717, 1.165) is 33.9 Å². The number of ether oxygens (including phenoxy) is 2. The van der Waals surface area contributed by atoms with E-state index in [1.807, 2.05) is 81.4 Å². The van der Waals surface area contributed by atoms with Crippen molar-refractivity contribution >= 4 is 11.6 Å². The lowest BCUT2D eigenvalue weighted by Gasteiger charge is -2.15. The van der Waals surface area contributed by atoms with Crippen molar-refractivity contribution in [1.82, 2.24) is 0 Å². The van der Waals surface area contributed by atoms with Gasteiger partial charge in [-0.3, -0.25) is 4.79 Å². The van der Waals surface area contributed by atoms with Crippen LogP contribution in [0, 0.1) is 13.8 Å². The van der Waals surface area contributed by atoms with Crippen molar-refractivity contribution in [3.05, 3.63) is 89.0 Å². The molecule has 3 aromatic rings. The number of rotatable bonds is 7. The van der Waals surface area contributed by atoms with Crippen LogP contribution in [0.15, 0.2) is 66.7 Å². The number of anilines is 1. The third-order valence-corrected chi connectivity index (χ3v) is 4.48. The van der Waals surface area contributed by atoms with Gasteiger partial charge in [-0.05, 0) is 62.2 Å². The molecule has 0 saturated heterocycles. The maximum Gasteiger partial charge on any atom is 0.255 e. The number of carbonyl (C=O) groups is 1. The van der Waals surface area contributed by atoms with Crippen LogP contribution in [0.3, 0.4) is 0 Å². The van der Waals surface area contributed by atoms with Gasteiger partial charge >= 0.3 is 0 Å². The van der Waals surface area contributed by atoms with Gasteiger partial charge in [-0.25, -0.2) is 0 Å². The molecule has 0 atom stereocenters. The van der Waals surface area contributed by atoms with Crippen LogP contribution in [-0.4, -0.2) is 12.5 Å². The highest BCUT2D eigenvalue weighted by Gasteiger charge is 2.13.